The van der Waals surface area contributed by atoms with E-state index in [0.717, 1.165) is 6.41 Å². The number of carbonyl (C=O) groups is 4. The van der Waals surface area contributed by atoms with Gasteiger partial charge in [0.2, 0.25) is 5.91 Å². The van der Waals surface area contributed by atoms with Crippen molar-refractivity contribution < 1.29 is 136 Å². The summed E-state index contributed by atoms with van der Waals surface area (Å²) in [4.78, 5) is 66.4. The number of primary amides is 2. The topological polar surface area (TPSA) is 200 Å². The van der Waals surface area contributed by atoms with Crippen LogP contribution in [0.3, 0.4) is 0 Å². The van der Waals surface area contributed by atoms with E-state index in [9.17, 15) is 24.0 Å². The fraction of sp³-hybridized carbons (Fsp3) is 0.385. The first kappa shape index (κ1) is 50.0. The molecule has 0 saturated carbocycles. The number of Topliss-reactive ketones (excluding diaryl/α,β-unsaturated/α-hetero) is 1. The number of hydrogen-bond donors (Lipinski definition) is 5. The Morgan fingerprint density at radius 2 is 1.63 bits per heavy atom. The standard InChI is InChI=1S/C21H29N4O6.CH2NO.4CH3.3Y/c1-14(2)19(24-12-26)18(28)10-16(4-3-9-23-21(22)30)20(29)25-17-7-5-15(6-8-17)11-31-13-27;2-1-3;;;;;;;/h5-8,13-14,16,19H,3-4,9-11H2,1-2H3,(H,24,26)(H,25,29)(H3,22,23,30);(H2,2,3);4*1H3;;;/q6*-1;;;/t16?,19-;;;;;;;;/m0......../s1/i13D;;1D;;;;;;/hD. The van der Waals surface area contributed by atoms with Crippen LogP contribution in [0.25, 0.3) is 0 Å². The van der Waals surface area contributed by atoms with Gasteiger partial charge in [-0.2, -0.15) is 12.8 Å². The van der Waals surface area contributed by atoms with Gasteiger partial charge >= 0.3 is 6.03 Å². The molecule has 0 aliphatic carbocycles. The third kappa shape index (κ3) is 29.2. The number of ketones is 1. The Bertz CT molecular complexity index is 891. The predicted molar refractivity (Wildman–Crippen MR) is 149 cm³/mol. The van der Waals surface area contributed by atoms with Crippen LogP contribution in [0.15, 0.2) is 24.3 Å². The van der Waals surface area contributed by atoms with Crippen LogP contribution in [-0.4, -0.2) is 49.6 Å². The Morgan fingerprint density at radius 3 is 2.05 bits per heavy atom. The second-order valence-electron chi connectivity index (χ2n) is 7.43. The molecular formula is C26H43N5O7Y3-6. The molecule has 7 N–H and O–H groups in total. The number of anilines is 1. The Labute approximate surface area is 326 Å². The fourth-order valence-electron chi connectivity index (χ4n) is 2.98. The first-order valence-electron chi connectivity index (χ1n) is 12.0. The summed E-state index contributed by atoms with van der Waals surface area (Å²) >= 11 is 0. The van der Waals surface area contributed by atoms with E-state index in [0.29, 0.717) is 24.1 Å². The van der Waals surface area contributed by atoms with Crippen molar-refractivity contribution in [3.05, 3.63) is 59.5 Å². The van der Waals surface area contributed by atoms with Crippen molar-refractivity contribution in [3.63, 3.8) is 0 Å². The average molecular weight is 807 g/mol. The molecule has 0 aromatic heterocycles. The molecule has 0 aliphatic rings. The summed E-state index contributed by atoms with van der Waals surface area (Å²) in [6, 6.07) is 5.05. The molecule has 0 fully saturated rings. The summed E-state index contributed by atoms with van der Waals surface area (Å²) in [6.45, 7) is 3.75. The maximum absolute atomic E-state index is 12.9. The second-order valence-corrected chi connectivity index (χ2v) is 7.43. The van der Waals surface area contributed by atoms with Crippen LogP contribution in [0.1, 0.15) is 41.4 Å². The van der Waals surface area contributed by atoms with Gasteiger partial charge in [-0.3, -0.25) is 14.4 Å². The molecule has 3 radical (unpaired) electrons. The molecule has 0 aliphatic heterocycles. The van der Waals surface area contributed by atoms with E-state index in [1.54, 1.807) is 38.1 Å². The molecule has 0 spiro atoms. The summed E-state index contributed by atoms with van der Waals surface area (Å²) in [5.41, 5.74) is 7.54. The summed E-state index contributed by atoms with van der Waals surface area (Å²) in [7, 11) is 2.50. The zero-order valence-electron chi connectivity index (χ0n) is 27.5. The number of ether oxygens (including phenoxy) is 1. The number of hydrogen-bond acceptors (Lipinski definition) is 7. The van der Waals surface area contributed by atoms with Crippen LogP contribution in [-0.2, 0) is 133 Å². The van der Waals surface area contributed by atoms with E-state index >= 15 is 0 Å². The molecule has 2 atom stereocenters. The van der Waals surface area contributed by atoms with Crippen LogP contribution >= 0.6 is 0 Å². The number of rotatable bonds is 15. The van der Waals surface area contributed by atoms with Gasteiger partial charge in [-0.05, 0) is 36.5 Å². The van der Waals surface area contributed by atoms with E-state index < -0.39 is 24.4 Å². The van der Waals surface area contributed by atoms with Crippen molar-refractivity contribution in [2.45, 2.75) is 45.8 Å². The molecule has 1 unspecified atom stereocenters. The minimum Gasteiger partial charge on any atom is -0.543 e. The molecule has 0 saturated heterocycles. The van der Waals surface area contributed by atoms with E-state index in [4.69, 9.17) is 14.7 Å². The summed E-state index contributed by atoms with van der Waals surface area (Å²) in [6.07, 6.45) is 2.13. The van der Waals surface area contributed by atoms with Gasteiger partial charge in [-0.1, -0.05) is 26.0 Å². The zero-order chi connectivity index (χ0) is 29.5. The SMILES string of the molecule is [2H]C(=O)OCc1ccc(NC(=O)C(CCCNC(N)=O)CC(=O)[C@@H](N[C-]=O)C(C)C)cc1.[2H]N[C-]=O.[2H][CH2-].[CH3-].[CH3-].[CH3-].[Y].[Y].[Y]. The van der Waals surface area contributed by atoms with Crippen molar-refractivity contribution >= 4 is 42.7 Å². The molecule has 1 rings (SSSR count). The van der Waals surface area contributed by atoms with Gasteiger partial charge in [-0.15, -0.1) is 0 Å². The number of nitrogens with one attached hydrogen (secondary N) is 3. The summed E-state index contributed by atoms with van der Waals surface area (Å²) in [5, 5.41) is 7.56. The van der Waals surface area contributed by atoms with Crippen molar-refractivity contribution in [3.8, 4) is 0 Å². The third-order valence-corrected chi connectivity index (χ3v) is 4.59. The monoisotopic (exact) mass is 807 g/mol. The number of urea groups is 1. The quantitative estimate of drug-likeness (QED) is 0.0771. The molecule has 41 heavy (non-hydrogen) atoms. The van der Waals surface area contributed by atoms with E-state index in [1.807, 2.05) is 0 Å². The van der Waals surface area contributed by atoms with Crippen LogP contribution in [0.4, 0.5) is 10.5 Å². The fourth-order valence-corrected chi connectivity index (χ4v) is 2.98. The summed E-state index contributed by atoms with van der Waals surface area (Å²) < 4.78 is 22.6. The Morgan fingerprint density at radius 1 is 1.10 bits per heavy atom. The van der Waals surface area contributed by atoms with Crippen molar-refractivity contribution in [2.75, 3.05) is 11.9 Å². The number of carbonyl (C=O) groups excluding carboxylic acids is 6. The normalized spacial score (nSPS) is 10.4. The smallest absolute Gasteiger partial charge is 0.312 e. The first-order chi connectivity index (χ1) is 18.0. The van der Waals surface area contributed by atoms with Gasteiger partial charge in [0.25, 0.3) is 6.45 Å². The van der Waals surface area contributed by atoms with Gasteiger partial charge in [0.05, 0.1) is 6.04 Å². The maximum Gasteiger partial charge on any atom is 0.312 e. The van der Waals surface area contributed by atoms with E-state index in [-0.39, 0.29) is 158 Å². The van der Waals surface area contributed by atoms with Crippen LogP contribution in [0.5, 0.6) is 0 Å². The third-order valence-electron chi connectivity index (χ3n) is 4.59. The second kappa shape index (κ2) is 37.4. The molecule has 229 valence electrons. The first-order valence-corrected chi connectivity index (χ1v) is 10.3. The van der Waals surface area contributed by atoms with Crippen LogP contribution < -0.4 is 27.4 Å². The average Bonchev–Trinajstić information content (AvgIpc) is 2.89. The molecule has 12 nitrogen and oxygen atoms in total. The van der Waals surface area contributed by atoms with Crippen LogP contribution in [0.2, 0.25) is 1.41 Å². The largest absolute Gasteiger partial charge is 0.543 e. The predicted octanol–water partition coefficient (Wildman–Crippen LogP) is 1.81. The van der Waals surface area contributed by atoms with Crippen molar-refractivity contribution in [2.24, 2.45) is 23.3 Å². The molecule has 1 aromatic rings. The van der Waals surface area contributed by atoms with Gasteiger partial charge in [0.1, 0.15) is 8.02 Å². The number of benzene rings is 1. The Balaban J connectivity index is -0.000000166. The van der Waals surface area contributed by atoms with Crippen molar-refractivity contribution in [1.29, 1.82) is 0 Å². The van der Waals surface area contributed by atoms with Gasteiger partial charge in [-0.25, -0.2) is 6.17 Å². The van der Waals surface area contributed by atoms with Gasteiger partial charge in [0.15, 0.2) is 7.15 Å². The minimum atomic E-state index is -1.14. The molecule has 1 aromatic carbocycles. The Hall–Kier alpha value is -0.648. The molecule has 0 heterocycles. The number of amides is 5. The summed E-state index contributed by atoms with van der Waals surface area (Å²) in [5.74, 6) is -1.55. The maximum atomic E-state index is 12.9. The Kier molecular flexibility index (Phi) is 45.6. The zero-order valence-corrected chi connectivity index (χ0v) is 33.0. The molecule has 0 bridgehead atoms. The molecular weight excluding hydrogens is 761 g/mol. The van der Waals surface area contributed by atoms with Gasteiger partial charge < -0.3 is 71.4 Å². The van der Waals surface area contributed by atoms with Gasteiger partial charge in [0, 0.05) is 123 Å². The number of nitrogens with two attached hydrogens (primary N) is 2. The van der Waals surface area contributed by atoms with E-state index in [1.165, 1.54) is 12.1 Å². The van der Waals surface area contributed by atoms with Crippen molar-refractivity contribution in [1.82, 2.24) is 10.6 Å². The molecule has 5 amide bonds. The minimum absolute atomic E-state index is 0. The van der Waals surface area contributed by atoms with E-state index in [2.05, 4.69) is 28.1 Å². The van der Waals surface area contributed by atoms with Crippen LogP contribution in [0, 0.1) is 41.5 Å². The molecule has 15 heteroatoms.